The lowest BCUT2D eigenvalue weighted by molar-refractivity contribution is 0.128. The summed E-state index contributed by atoms with van der Waals surface area (Å²) in [7, 11) is 0. The molecule has 1 aromatic carbocycles. The Balaban J connectivity index is 2.34. The number of halogens is 2. The van der Waals surface area contributed by atoms with Crippen molar-refractivity contribution >= 4 is 31.9 Å². The van der Waals surface area contributed by atoms with Gasteiger partial charge in [-0.2, -0.15) is 0 Å². The number of hydrogen-bond donors (Lipinski definition) is 1. The van der Waals surface area contributed by atoms with Crippen LogP contribution in [0.2, 0.25) is 0 Å². The largest absolute Gasteiger partial charge is 0.492 e. The molecule has 0 heterocycles. The van der Waals surface area contributed by atoms with E-state index in [0.717, 1.165) is 59.4 Å². The molecule has 0 spiro atoms. The summed E-state index contributed by atoms with van der Waals surface area (Å²) >= 11 is 7.08. The van der Waals surface area contributed by atoms with E-state index >= 15 is 0 Å². The summed E-state index contributed by atoms with van der Waals surface area (Å²) in [5, 5.41) is 3.44. The maximum atomic E-state index is 5.71. The fourth-order valence-corrected chi connectivity index (χ4v) is 3.35. The highest BCUT2D eigenvalue weighted by atomic mass is 79.9. The zero-order valence-electron chi connectivity index (χ0n) is 12.9. The van der Waals surface area contributed by atoms with Gasteiger partial charge in [-0.25, -0.2) is 0 Å². The van der Waals surface area contributed by atoms with Crippen molar-refractivity contribution in [2.24, 2.45) is 0 Å². The van der Waals surface area contributed by atoms with Gasteiger partial charge < -0.3 is 14.8 Å². The Kier molecular flexibility index (Phi) is 10.3. The van der Waals surface area contributed by atoms with Crippen LogP contribution in [0.1, 0.15) is 38.7 Å². The SMILES string of the molecule is CCCCOCCCNCc1cc(Br)cc(Br)c1OCC. The van der Waals surface area contributed by atoms with Gasteiger partial charge in [0.2, 0.25) is 0 Å². The molecular weight excluding hydrogens is 398 g/mol. The van der Waals surface area contributed by atoms with Crippen LogP contribution in [0.5, 0.6) is 5.75 Å². The Morgan fingerprint density at radius 3 is 2.57 bits per heavy atom. The summed E-state index contributed by atoms with van der Waals surface area (Å²) in [6.45, 7) is 8.29. The topological polar surface area (TPSA) is 30.5 Å². The quantitative estimate of drug-likeness (QED) is 0.514. The molecule has 21 heavy (non-hydrogen) atoms. The van der Waals surface area contributed by atoms with Gasteiger partial charge >= 0.3 is 0 Å². The van der Waals surface area contributed by atoms with Gasteiger partial charge in [0.05, 0.1) is 11.1 Å². The van der Waals surface area contributed by atoms with Crippen molar-refractivity contribution in [3.63, 3.8) is 0 Å². The molecule has 0 aliphatic carbocycles. The summed E-state index contributed by atoms with van der Waals surface area (Å²) in [5.41, 5.74) is 1.16. The van der Waals surface area contributed by atoms with E-state index in [0.29, 0.717) is 6.61 Å². The first-order chi connectivity index (χ1) is 10.2. The van der Waals surface area contributed by atoms with Crippen molar-refractivity contribution in [2.45, 2.75) is 39.7 Å². The molecule has 0 atom stereocenters. The molecular formula is C16H25Br2NO2. The number of benzene rings is 1. The molecule has 0 bridgehead atoms. The van der Waals surface area contributed by atoms with Crippen LogP contribution in [0.4, 0.5) is 0 Å². The van der Waals surface area contributed by atoms with Gasteiger partial charge in [-0.05, 0) is 54.4 Å². The molecule has 3 nitrogen and oxygen atoms in total. The average Bonchev–Trinajstić information content (AvgIpc) is 2.45. The van der Waals surface area contributed by atoms with Crippen LogP contribution < -0.4 is 10.1 Å². The van der Waals surface area contributed by atoms with E-state index in [9.17, 15) is 0 Å². The van der Waals surface area contributed by atoms with E-state index in [1.165, 1.54) is 6.42 Å². The molecule has 1 aromatic rings. The Hall–Kier alpha value is -0.100. The lowest BCUT2D eigenvalue weighted by Crippen LogP contribution is -2.17. The van der Waals surface area contributed by atoms with Gasteiger partial charge in [0.25, 0.3) is 0 Å². The number of rotatable bonds is 11. The first-order valence-electron chi connectivity index (χ1n) is 7.58. The summed E-state index contributed by atoms with van der Waals surface area (Å²) in [6, 6.07) is 4.11. The minimum Gasteiger partial charge on any atom is -0.492 e. The van der Waals surface area contributed by atoms with Crippen LogP contribution in [0, 0.1) is 0 Å². The molecule has 0 amide bonds. The molecule has 0 unspecified atom stereocenters. The van der Waals surface area contributed by atoms with Crippen LogP contribution in [0.15, 0.2) is 21.1 Å². The maximum Gasteiger partial charge on any atom is 0.138 e. The van der Waals surface area contributed by atoms with Gasteiger partial charge in [-0.1, -0.05) is 29.3 Å². The van der Waals surface area contributed by atoms with E-state index < -0.39 is 0 Å². The highest BCUT2D eigenvalue weighted by molar-refractivity contribution is 9.11. The van der Waals surface area contributed by atoms with Gasteiger partial charge in [-0.3, -0.25) is 0 Å². The summed E-state index contributed by atoms with van der Waals surface area (Å²) in [4.78, 5) is 0. The average molecular weight is 423 g/mol. The summed E-state index contributed by atoms with van der Waals surface area (Å²) in [6.07, 6.45) is 3.37. The summed E-state index contributed by atoms with van der Waals surface area (Å²) < 4.78 is 13.3. The maximum absolute atomic E-state index is 5.71. The van der Waals surface area contributed by atoms with Crippen LogP contribution in [-0.2, 0) is 11.3 Å². The minimum absolute atomic E-state index is 0.665. The van der Waals surface area contributed by atoms with E-state index in [1.807, 2.05) is 13.0 Å². The molecule has 5 heteroatoms. The monoisotopic (exact) mass is 421 g/mol. The van der Waals surface area contributed by atoms with E-state index in [4.69, 9.17) is 9.47 Å². The molecule has 120 valence electrons. The van der Waals surface area contributed by atoms with Crippen molar-refractivity contribution in [3.05, 3.63) is 26.6 Å². The number of ether oxygens (including phenoxy) is 2. The first kappa shape index (κ1) is 18.9. The Morgan fingerprint density at radius 1 is 1.10 bits per heavy atom. The number of hydrogen-bond acceptors (Lipinski definition) is 3. The first-order valence-corrected chi connectivity index (χ1v) is 9.16. The minimum atomic E-state index is 0.665. The van der Waals surface area contributed by atoms with Gasteiger partial charge in [0, 0.05) is 29.8 Å². The molecule has 1 rings (SSSR count). The fourth-order valence-electron chi connectivity index (χ4n) is 1.92. The van der Waals surface area contributed by atoms with Crippen molar-refractivity contribution in [1.29, 1.82) is 0 Å². The van der Waals surface area contributed by atoms with E-state index in [-0.39, 0.29) is 0 Å². The highest BCUT2D eigenvalue weighted by Crippen LogP contribution is 2.32. The molecule has 0 aliphatic heterocycles. The van der Waals surface area contributed by atoms with Gasteiger partial charge in [0.15, 0.2) is 0 Å². The van der Waals surface area contributed by atoms with Crippen molar-refractivity contribution in [1.82, 2.24) is 5.32 Å². The van der Waals surface area contributed by atoms with Gasteiger partial charge in [0.1, 0.15) is 5.75 Å². The van der Waals surface area contributed by atoms with Crippen molar-refractivity contribution in [3.8, 4) is 5.75 Å². The highest BCUT2D eigenvalue weighted by Gasteiger charge is 2.09. The lowest BCUT2D eigenvalue weighted by Gasteiger charge is -2.14. The smallest absolute Gasteiger partial charge is 0.138 e. The molecule has 0 aliphatic rings. The third-order valence-electron chi connectivity index (χ3n) is 2.97. The van der Waals surface area contributed by atoms with Crippen LogP contribution in [0.25, 0.3) is 0 Å². The zero-order valence-corrected chi connectivity index (χ0v) is 16.1. The lowest BCUT2D eigenvalue weighted by atomic mass is 10.2. The Bertz CT molecular complexity index is 414. The van der Waals surface area contributed by atoms with Crippen LogP contribution in [0.3, 0.4) is 0 Å². The molecule has 0 aromatic heterocycles. The third kappa shape index (κ3) is 7.63. The molecule has 0 fully saturated rings. The molecule has 1 N–H and O–H groups in total. The van der Waals surface area contributed by atoms with E-state index in [2.05, 4.69) is 50.2 Å². The second-order valence-electron chi connectivity index (χ2n) is 4.81. The number of nitrogens with one attached hydrogen (secondary N) is 1. The normalized spacial score (nSPS) is 10.9. The Labute approximate surface area is 145 Å². The zero-order chi connectivity index (χ0) is 15.5. The van der Waals surface area contributed by atoms with Crippen LogP contribution in [-0.4, -0.2) is 26.4 Å². The Morgan fingerprint density at radius 2 is 1.86 bits per heavy atom. The van der Waals surface area contributed by atoms with Crippen LogP contribution >= 0.6 is 31.9 Å². The molecule has 0 saturated carbocycles. The molecule has 0 saturated heterocycles. The second-order valence-corrected chi connectivity index (χ2v) is 6.58. The van der Waals surface area contributed by atoms with Crippen molar-refractivity contribution in [2.75, 3.05) is 26.4 Å². The fraction of sp³-hybridized carbons (Fsp3) is 0.625. The third-order valence-corrected chi connectivity index (χ3v) is 4.02. The predicted octanol–water partition coefficient (Wildman–Crippen LogP) is 4.91. The summed E-state index contributed by atoms with van der Waals surface area (Å²) in [5.74, 6) is 0.924. The van der Waals surface area contributed by atoms with Gasteiger partial charge in [-0.15, -0.1) is 0 Å². The second kappa shape index (κ2) is 11.5. The molecule has 0 radical (unpaired) electrons. The van der Waals surface area contributed by atoms with E-state index in [1.54, 1.807) is 0 Å². The number of unbranched alkanes of at least 4 members (excludes halogenated alkanes) is 1. The van der Waals surface area contributed by atoms with Crippen molar-refractivity contribution < 1.29 is 9.47 Å². The predicted molar refractivity (Wildman–Crippen MR) is 95.1 cm³/mol. The standard InChI is InChI=1S/C16H25Br2NO2/c1-3-5-8-20-9-6-7-19-12-13-10-14(17)11-15(18)16(13)21-4-2/h10-11,19H,3-9,12H2,1-2H3.